The number of hydrogen-bond donors (Lipinski definition) is 0. The molecule has 0 radical (unpaired) electrons. The average Bonchev–Trinajstić information content (AvgIpc) is 2.86. The van der Waals surface area contributed by atoms with Crippen LogP contribution >= 0.6 is 11.5 Å². The fraction of sp³-hybridized carbons (Fsp3) is 0.438. The maximum atomic E-state index is 12.8. The van der Waals surface area contributed by atoms with Crippen molar-refractivity contribution in [2.75, 3.05) is 0 Å². The number of benzene rings is 1. The zero-order chi connectivity index (χ0) is 14.1. The van der Waals surface area contributed by atoms with Crippen LogP contribution in [0, 0.1) is 0 Å². The van der Waals surface area contributed by atoms with Gasteiger partial charge in [-0.1, -0.05) is 49.0 Å². The predicted octanol–water partition coefficient (Wildman–Crippen LogP) is 4.16. The van der Waals surface area contributed by atoms with Crippen LogP contribution in [0.15, 0.2) is 24.3 Å². The van der Waals surface area contributed by atoms with E-state index in [1.54, 1.807) is 0 Å². The van der Waals surface area contributed by atoms with Gasteiger partial charge in [-0.15, -0.1) is 5.10 Å². The quantitative estimate of drug-likeness (QED) is 0.793. The molecule has 1 aromatic carbocycles. The molecule has 0 N–H and O–H groups in total. The summed E-state index contributed by atoms with van der Waals surface area (Å²) in [4.78, 5) is 13.5. The zero-order valence-electron chi connectivity index (χ0n) is 11.8. The number of nitrogens with zero attached hydrogens (tertiary/aromatic N) is 2. The number of carbonyl (C=O) groups excluding carboxylic acids is 1. The van der Waals surface area contributed by atoms with Gasteiger partial charge < -0.3 is 0 Å². The summed E-state index contributed by atoms with van der Waals surface area (Å²) in [6.07, 6.45) is 3.66. The van der Waals surface area contributed by atoms with E-state index in [0.29, 0.717) is 10.8 Å². The number of rotatable bonds is 4. The number of carbonyl (C=O) groups is 1. The van der Waals surface area contributed by atoms with Gasteiger partial charge in [-0.3, -0.25) is 4.79 Å². The van der Waals surface area contributed by atoms with Crippen molar-refractivity contribution >= 4 is 17.3 Å². The highest BCUT2D eigenvalue weighted by Crippen LogP contribution is 2.38. The van der Waals surface area contributed by atoms with Crippen LogP contribution in [-0.2, 0) is 0 Å². The third-order valence-corrected chi connectivity index (χ3v) is 4.76. The van der Waals surface area contributed by atoms with Crippen LogP contribution in [0.3, 0.4) is 0 Å². The fourth-order valence-corrected chi connectivity index (χ4v) is 3.41. The van der Waals surface area contributed by atoms with Gasteiger partial charge in [0.05, 0.1) is 5.69 Å². The van der Waals surface area contributed by atoms with Gasteiger partial charge in [-0.05, 0) is 41.8 Å². The molecule has 1 aromatic heterocycles. The Labute approximate surface area is 123 Å². The first-order valence-corrected chi connectivity index (χ1v) is 7.91. The highest BCUT2D eigenvalue weighted by atomic mass is 32.1. The smallest absolute Gasteiger partial charge is 0.206 e. The lowest BCUT2D eigenvalue weighted by Gasteiger charge is -2.27. The molecule has 1 saturated carbocycles. The van der Waals surface area contributed by atoms with Crippen molar-refractivity contribution in [3.63, 3.8) is 0 Å². The second-order valence-electron chi connectivity index (χ2n) is 5.69. The summed E-state index contributed by atoms with van der Waals surface area (Å²) in [5.41, 5.74) is 2.86. The maximum Gasteiger partial charge on any atom is 0.206 e. The van der Waals surface area contributed by atoms with Crippen LogP contribution in [-0.4, -0.2) is 15.4 Å². The lowest BCUT2D eigenvalue weighted by molar-refractivity contribution is 0.103. The molecular formula is C16H18N2OS. The third-order valence-electron chi connectivity index (χ3n) is 4.02. The van der Waals surface area contributed by atoms with Crippen molar-refractivity contribution in [1.29, 1.82) is 0 Å². The minimum absolute atomic E-state index is 0.0891. The van der Waals surface area contributed by atoms with Gasteiger partial charge in [0.1, 0.15) is 4.88 Å². The highest BCUT2D eigenvalue weighted by molar-refractivity contribution is 7.08. The standard InChI is InChI=1S/C16H18N2OS/c1-10(2)14-16(20-18-17-14)15(19)13-9-4-3-8-12(13)11-6-5-7-11/h3-4,8-11H,5-7H2,1-2H3. The van der Waals surface area contributed by atoms with Gasteiger partial charge in [0, 0.05) is 5.56 Å². The minimum atomic E-state index is 0.0891. The summed E-state index contributed by atoms with van der Waals surface area (Å²) < 4.78 is 3.97. The largest absolute Gasteiger partial charge is 0.288 e. The van der Waals surface area contributed by atoms with E-state index >= 15 is 0 Å². The summed E-state index contributed by atoms with van der Waals surface area (Å²) in [7, 11) is 0. The van der Waals surface area contributed by atoms with Gasteiger partial charge in [0.15, 0.2) is 0 Å². The second kappa shape index (κ2) is 5.44. The predicted molar refractivity (Wildman–Crippen MR) is 80.5 cm³/mol. The van der Waals surface area contributed by atoms with Crippen molar-refractivity contribution in [3.8, 4) is 0 Å². The summed E-state index contributed by atoms with van der Waals surface area (Å²) in [5, 5.41) is 4.12. The molecule has 0 saturated heterocycles. The molecule has 3 nitrogen and oxygen atoms in total. The van der Waals surface area contributed by atoms with Crippen LogP contribution < -0.4 is 0 Å². The van der Waals surface area contributed by atoms with Gasteiger partial charge in [-0.2, -0.15) is 0 Å². The monoisotopic (exact) mass is 286 g/mol. The summed E-state index contributed by atoms with van der Waals surface area (Å²) in [5.74, 6) is 0.869. The van der Waals surface area contributed by atoms with E-state index < -0.39 is 0 Å². The van der Waals surface area contributed by atoms with E-state index in [4.69, 9.17) is 0 Å². The lowest BCUT2D eigenvalue weighted by atomic mass is 9.77. The molecule has 104 valence electrons. The first-order valence-electron chi connectivity index (χ1n) is 7.14. The minimum Gasteiger partial charge on any atom is -0.288 e. The Balaban J connectivity index is 2.00. The molecule has 2 aromatic rings. The normalized spacial score (nSPS) is 15.3. The Kier molecular flexibility index (Phi) is 3.66. The zero-order valence-corrected chi connectivity index (χ0v) is 12.6. The first kappa shape index (κ1) is 13.4. The Morgan fingerprint density at radius 1 is 1.30 bits per heavy atom. The molecule has 1 heterocycles. The Morgan fingerprint density at radius 2 is 2.05 bits per heavy atom. The number of ketones is 1. The van der Waals surface area contributed by atoms with Crippen molar-refractivity contribution in [2.45, 2.75) is 44.9 Å². The van der Waals surface area contributed by atoms with Crippen molar-refractivity contribution < 1.29 is 4.79 Å². The summed E-state index contributed by atoms with van der Waals surface area (Å²) in [6, 6.07) is 8.01. The summed E-state index contributed by atoms with van der Waals surface area (Å²) in [6.45, 7) is 4.09. The molecule has 1 fully saturated rings. The topological polar surface area (TPSA) is 42.9 Å². The molecule has 20 heavy (non-hydrogen) atoms. The van der Waals surface area contributed by atoms with Crippen LogP contribution in [0.25, 0.3) is 0 Å². The molecule has 1 aliphatic carbocycles. The highest BCUT2D eigenvalue weighted by Gasteiger charge is 2.27. The van der Waals surface area contributed by atoms with Crippen molar-refractivity contribution in [1.82, 2.24) is 9.59 Å². The van der Waals surface area contributed by atoms with E-state index in [1.165, 1.54) is 36.4 Å². The van der Waals surface area contributed by atoms with Crippen LogP contribution in [0.1, 0.15) is 71.4 Å². The average molecular weight is 286 g/mol. The molecule has 3 rings (SSSR count). The van der Waals surface area contributed by atoms with Crippen molar-refractivity contribution in [2.24, 2.45) is 0 Å². The molecule has 0 bridgehead atoms. The third kappa shape index (κ3) is 2.29. The first-order chi connectivity index (χ1) is 9.68. The van der Waals surface area contributed by atoms with Crippen molar-refractivity contribution in [3.05, 3.63) is 46.0 Å². The molecule has 4 heteroatoms. The van der Waals surface area contributed by atoms with E-state index in [0.717, 1.165) is 11.3 Å². The molecule has 0 atom stereocenters. The Hall–Kier alpha value is -1.55. The van der Waals surface area contributed by atoms with Gasteiger partial charge in [0.25, 0.3) is 0 Å². The molecule has 0 amide bonds. The van der Waals surface area contributed by atoms with Gasteiger partial charge in [-0.25, -0.2) is 0 Å². The fourth-order valence-electron chi connectivity index (χ4n) is 2.63. The summed E-state index contributed by atoms with van der Waals surface area (Å²) >= 11 is 1.22. The van der Waals surface area contributed by atoms with Gasteiger partial charge in [0.2, 0.25) is 5.78 Å². The Morgan fingerprint density at radius 3 is 2.70 bits per heavy atom. The van der Waals surface area contributed by atoms with E-state index in [1.807, 2.05) is 32.0 Å². The van der Waals surface area contributed by atoms with Crippen LogP contribution in [0.5, 0.6) is 0 Å². The lowest BCUT2D eigenvalue weighted by Crippen LogP contribution is -2.14. The van der Waals surface area contributed by atoms with E-state index in [2.05, 4.69) is 15.7 Å². The van der Waals surface area contributed by atoms with Crippen LogP contribution in [0.2, 0.25) is 0 Å². The molecule has 1 aliphatic rings. The molecule has 0 unspecified atom stereocenters. The number of hydrogen-bond acceptors (Lipinski definition) is 4. The maximum absolute atomic E-state index is 12.8. The molecule has 0 spiro atoms. The molecule has 0 aliphatic heterocycles. The van der Waals surface area contributed by atoms with E-state index in [-0.39, 0.29) is 11.7 Å². The second-order valence-corrected chi connectivity index (χ2v) is 6.44. The van der Waals surface area contributed by atoms with Gasteiger partial charge >= 0.3 is 0 Å². The van der Waals surface area contributed by atoms with Crippen LogP contribution in [0.4, 0.5) is 0 Å². The Bertz CT molecular complexity index is 629. The number of aromatic nitrogens is 2. The molecular weight excluding hydrogens is 268 g/mol. The van der Waals surface area contributed by atoms with E-state index in [9.17, 15) is 4.79 Å². The SMILES string of the molecule is CC(C)c1nnsc1C(=O)c1ccccc1C1CCC1.